The van der Waals surface area contributed by atoms with Crippen molar-refractivity contribution in [1.82, 2.24) is 9.46 Å². The molecule has 2 aromatic carbocycles. The number of carbonyl (C=O) groups is 1. The Balaban J connectivity index is 1.67. The van der Waals surface area contributed by atoms with Crippen LogP contribution in [-0.2, 0) is 14.8 Å². The Labute approximate surface area is 199 Å². The van der Waals surface area contributed by atoms with Gasteiger partial charge in [0.25, 0.3) is 5.91 Å². The van der Waals surface area contributed by atoms with E-state index in [0.717, 1.165) is 12.8 Å². The lowest BCUT2D eigenvalue weighted by Gasteiger charge is -2.22. The van der Waals surface area contributed by atoms with Gasteiger partial charge in [0, 0.05) is 24.8 Å². The van der Waals surface area contributed by atoms with Crippen molar-refractivity contribution < 1.29 is 22.5 Å². The Morgan fingerprint density at radius 1 is 1.15 bits per heavy atom. The van der Waals surface area contributed by atoms with Gasteiger partial charge < -0.3 is 19.9 Å². The number of aryl methyl sites for hydroxylation is 1. The molecule has 1 atom stereocenters. The van der Waals surface area contributed by atoms with Crippen LogP contribution in [0.15, 0.2) is 64.0 Å². The average Bonchev–Trinajstić information content (AvgIpc) is 3.51. The lowest BCUT2D eigenvalue weighted by molar-refractivity contribution is -0.117. The SMILES string of the molecule is CCOc1ccc(N[C@@H](C(=O)Nc2cc(C)on2)c2ccccc2)cc1S(=O)(=O)N1CCCC1. The Kier molecular flexibility index (Phi) is 7.18. The Hall–Kier alpha value is -3.37. The van der Waals surface area contributed by atoms with E-state index in [2.05, 4.69) is 15.8 Å². The fourth-order valence-electron chi connectivity index (χ4n) is 3.88. The molecule has 0 saturated carbocycles. The molecule has 2 N–H and O–H groups in total. The van der Waals surface area contributed by atoms with Gasteiger partial charge in [-0.1, -0.05) is 35.5 Å². The van der Waals surface area contributed by atoms with E-state index < -0.39 is 16.1 Å². The molecule has 3 aromatic rings. The van der Waals surface area contributed by atoms with E-state index >= 15 is 0 Å². The summed E-state index contributed by atoms with van der Waals surface area (Å²) in [7, 11) is -3.74. The van der Waals surface area contributed by atoms with Crippen molar-refractivity contribution in [3.05, 3.63) is 65.9 Å². The maximum atomic E-state index is 13.3. The van der Waals surface area contributed by atoms with Crippen LogP contribution in [0.4, 0.5) is 11.5 Å². The van der Waals surface area contributed by atoms with Crippen molar-refractivity contribution in [2.24, 2.45) is 0 Å². The fourth-order valence-corrected chi connectivity index (χ4v) is 5.55. The minimum absolute atomic E-state index is 0.0839. The van der Waals surface area contributed by atoms with Crippen LogP contribution in [0.3, 0.4) is 0 Å². The van der Waals surface area contributed by atoms with Crippen molar-refractivity contribution in [3.8, 4) is 5.75 Å². The van der Waals surface area contributed by atoms with Crippen molar-refractivity contribution in [2.45, 2.75) is 37.6 Å². The molecule has 2 heterocycles. The number of aromatic nitrogens is 1. The highest BCUT2D eigenvalue weighted by atomic mass is 32.2. The van der Waals surface area contributed by atoms with Crippen molar-refractivity contribution in [2.75, 3.05) is 30.3 Å². The number of nitrogens with one attached hydrogen (secondary N) is 2. The lowest BCUT2D eigenvalue weighted by Crippen LogP contribution is -2.29. The van der Waals surface area contributed by atoms with Crippen LogP contribution in [0.5, 0.6) is 5.75 Å². The molecule has 10 heteroatoms. The number of hydrogen-bond donors (Lipinski definition) is 2. The van der Waals surface area contributed by atoms with Gasteiger partial charge in [-0.25, -0.2) is 8.42 Å². The van der Waals surface area contributed by atoms with Gasteiger partial charge in [-0.2, -0.15) is 4.31 Å². The Morgan fingerprint density at radius 3 is 2.53 bits per heavy atom. The molecular weight excluding hydrogens is 456 g/mol. The fraction of sp³-hybridized carbons (Fsp3) is 0.333. The van der Waals surface area contributed by atoms with E-state index in [0.29, 0.717) is 48.3 Å². The molecule has 180 valence electrons. The number of sulfonamides is 1. The van der Waals surface area contributed by atoms with Crippen LogP contribution in [0, 0.1) is 6.92 Å². The van der Waals surface area contributed by atoms with Gasteiger partial charge in [-0.15, -0.1) is 0 Å². The largest absolute Gasteiger partial charge is 0.492 e. The van der Waals surface area contributed by atoms with Gasteiger partial charge in [0.05, 0.1) is 6.61 Å². The predicted molar refractivity (Wildman–Crippen MR) is 128 cm³/mol. The normalized spacial score (nSPS) is 15.1. The van der Waals surface area contributed by atoms with E-state index in [-0.39, 0.29) is 10.8 Å². The standard InChI is InChI=1S/C24H28N4O5S/c1-3-32-20-12-11-19(16-21(20)34(30,31)28-13-7-8-14-28)25-23(18-9-5-4-6-10-18)24(29)26-22-15-17(2)33-27-22/h4-6,9-12,15-16,23,25H,3,7-8,13-14H2,1-2H3,(H,26,27,29)/t23-/m1/s1. The van der Waals surface area contributed by atoms with Gasteiger partial charge in [-0.05, 0) is 50.5 Å². The number of ether oxygens (including phenoxy) is 1. The first-order valence-electron chi connectivity index (χ1n) is 11.2. The molecule has 0 unspecified atom stereocenters. The molecule has 0 aliphatic carbocycles. The van der Waals surface area contributed by atoms with E-state index in [1.54, 1.807) is 32.0 Å². The first kappa shape index (κ1) is 23.8. The average molecular weight is 485 g/mol. The number of carbonyl (C=O) groups excluding carboxylic acids is 1. The first-order valence-corrected chi connectivity index (χ1v) is 12.6. The van der Waals surface area contributed by atoms with E-state index in [9.17, 15) is 13.2 Å². The van der Waals surface area contributed by atoms with E-state index in [1.165, 1.54) is 10.4 Å². The summed E-state index contributed by atoms with van der Waals surface area (Å²) in [6.45, 7) is 4.84. The summed E-state index contributed by atoms with van der Waals surface area (Å²) in [5, 5.41) is 9.76. The molecule has 1 aliphatic heterocycles. The third kappa shape index (κ3) is 5.23. The predicted octanol–water partition coefficient (Wildman–Crippen LogP) is 3.96. The number of amides is 1. The van der Waals surface area contributed by atoms with Crippen LogP contribution >= 0.6 is 0 Å². The van der Waals surface area contributed by atoms with Crippen molar-refractivity contribution in [1.29, 1.82) is 0 Å². The van der Waals surface area contributed by atoms with Crippen LogP contribution < -0.4 is 15.4 Å². The number of anilines is 2. The van der Waals surface area contributed by atoms with Crippen LogP contribution in [-0.4, -0.2) is 43.5 Å². The van der Waals surface area contributed by atoms with E-state index in [4.69, 9.17) is 9.26 Å². The maximum absolute atomic E-state index is 13.3. The molecule has 9 nitrogen and oxygen atoms in total. The van der Waals surface area contributed by atoms with Gasteiger partial charge >= 0.3 is 0 Å². The summed E-state index contributed by atoms with van der Waals surface area (Å²) in [6.07, 6.45) is 1.66. The molecular formula is C24H28N4O5S. The zero-order chi connectivity index (χ0) is 24.1. The minimum Gasteiger partial charge on any atom is -0.492 e. The van der Waals surface area contributed by atoms with Crippen LogP contribution in [0.2, 0.25) is 0 Å². The molecule has 1 aromatic heterocycles. The van der Waals surface area contributed by atoms with Crippen LogP contribution in [0.1, 0.15) is 37.1 Å². The topological polar surface area (TPSA) is 114 Å². The molecule has 1 saturated heterocycles. The highest BCUT2D eigenvalue weighted by Gasteiger charge is 2.31. The summed E-state index contributed by atoms with van der Waals surface area (Å²) in [5.41, 5.74) is 1.18. The summed E-state index contributed by atoms with van der Waals surface area (Å²) < 4.78 is 38.8. The molecule has 1 fully saturated rings. The monoisotopic (exact) mass is 484 g/mol. The number of hydrogen-bond acceptors (Lipinski definition) is 7. The van der Waals surface area contributed by atoms with Crippen LogP contribution in [0.25, 0.3) is 0 Å². The zero-order valence-corrected chi connectivity index (χ0v) is 20.0. The molecule has 4 rings (SSSR count). The van der Waals surface area contributed by atoms with Crippen molar-refractivity contribution >= 4 is 27.4 Å². The molecule has 0 radical (unpaired) electrons. The molecule has 1 amide bonds. The summed E-state index contributed by atoms with van der Waals surface area (Å²) >= 11 is 0. The second kappa shape index (κ2) is 10.3. The number of rotatable bonds is 9. The summed E-state index contributed by atoms with van der Waals surface area (Å²) in [6, 6.07) is 14.8. The smallest absolute Gasteiger partial charge is 0.252 e. The van der Waals surface area contributed by atoms with Gasteiger partial charge in [0.2, 0.25) is 10.0 Å². The molecule has 1 aliphatic rings. The minimum atomic E-state index is -3.74. The highest BCUT2D eigenvalue weighted by Crippen LogP contribution is 2.33. The first-order chi connectivity index (χ1) is 16.4. The lowest BCUT2D eigenvalue weighted by atomic mass is 10.1. The second-order valence-electron chi connectivity index (χ2n) is 8.01. The maximum Gasteiger partial charge on any atom is 0.252 e. The van der Waals surface area contributed by atoms with Gasteiger partial charge in [-0.3, -0.25) is 4.79 Å². The summed E-state index contributed by atoms with van der Waals surface area (Å²) in [4.78, 5) is 13.3. The number of nitrogens with zero attached hydrogens (tertiary/aromatic N) is 2. The quantitative estimate of drug-likeness (QED) is 0.473. The summed E-state index contributed by atoms with van der Waals surface area (Å²) in [5.74, 6) is 0.799. The third-order valence-corrected chi connectivity index (χ3v) is 7.43. The number of benzene rings is 2. The van der Waals surface area contributed by atoms with E-state index in [1.807, 2.05) is 30.3 Å². The Bertz CT molecular complexity index is 1240. The highest BCUT2D eigenvalue weighted by molar-refractivity contribution is 7.89. The zero-order valence-electron chi connectivity index (χ0n) is 19.2. The van der Waals surface area contributed by atoms with Gasteiger partial charge in [0.1, 0.15) is 22.4 Å². The molecule has 0 bridgehead atoms. The second-order valence-corrected chi connectivity index (χ2v) is 9.91. The molecule has 0 spiro atoms. The molecule has 34 heavy (non-hydrogen) atoms. The van der Waals surface area contributed by atoms with Gasteiger partial charge in [0.15, 0.2) is 5.82 Å². The Morgan fingerprint density at radius 2 is 1.88 bits per heavy atom. The third-order valence-electron chi connectivity index (χ3n) is 5.51. The van der Waals surface area contributed by atoms with Crippen molar-refractivity contribution in [3.63, 3.8) is 0 Å².